The average Bonchev–Trinajstić information content (AvgIpc) is 2.97. The van der Waals surface area contributed by atoms with E-state index in [2.05, 4.69) is 5.32 Å². The van der Waals surface area contributed by atoms with E-state index < -0.39 is 0 Å². The zero-order valence-corrected chi connectivity index (χ0v) is 12.1. The molecule has 0 saturated carbocycles. The zero-order valence-electron chi connectivity index (χ0n) is 12.1. The van der Waals surface area contributed by atoms with Crippen molar-refractivity contribution in [1.29, 1.82) is 0 Å². The van der Waals surface area contributed by atoms with Crippen LogP contribution in [-0.4, -0.2) is 18.4 Å². The number of nitrogens with zero attached hydrogens (tertiary/aromatic N) is 1. The fraction of sp³-hybridized carbons (Fsp3) is 0.222. The highest BCUT2D eigenvalue weighted by molar-refractivity contribution is 6.06. The molecule has 110 valence electrons. The van der Waals surface area contributed by atoms with Gasteiger partial charge < -0.3 is 10.2 Å². The molecule has 2 aromatic carbocycles. The minimum Gasteiger partial charge on any atom is -0.322 e. The Balaban J connectivity index is 1.67. The van der Waals surface area contributed by atoms with Gasteiger partial charge in [-0.3, -0.25) is 9.59 Å². The van der Waals surface area contributed by atoms with Gasteiger partial charge in [0.15, 0.2) is 0 Å². The molecule has 0 fully saturated rings. The van der Waals surface area contributed by atoms with Gasteiger partial charge in [0, 0.05) is 24.2 Å². The van der Waals surface area contributed by atoms with Gasteiger partial charge in [0.1, 0.15) is 0 Å². The maximum Gasteiger partial charge on any atom is 0.255 e. The normalized spacial score (nSPS) is 15.6. The molecule has 4 nitrogen and oxygen atoms in total. The Labute approximate surface area is 128 Å². The number of anilines is 2. The van der Waals surface area contributed by atoms with Crippen molar-refractivity contribution in [2.24, 2.45) is 0 Å². The molecule has 22 heavy (non-hydrogen) atoms. The monoisotopic (exact) mass is 292 g/mol. The quantitative estimate of drug-likeness (QED) is 0.925. The SMILES string of the molecule is O=C(Nc1ccccc1)c1cc2c3c(c1)CCN3C(=O)CC2. The minimum absolute atomic E-state index is 0.0967. The molecule has 0 radical (unpaired) electrons. The molecule has 2 aliphatic heterocycles. The van der Waals surface area contributed by atoms with Crippen molar-refractivity contribution in [3.05, 3.63) is 59.2 Å². The first-order valence-electron chi connectivity index (χ1n) is 7.55. The van der Waals surface area contributed by atoms with Crippen molar-refractivity contribution in [2.75, 3.05) is 16.8 Å². The third-order valence-corrected chi connectivity index (χ3v) is 4.35. The number of benzene rings is 2. The molecule has 0 saturated heterocycles. The maximum atomic E-state index is 12.5. The van der Waals surface area contributed by atoms with E-state index >= 15 is 0 Å². The van der Waals surface area contributed by atoms with Crippen molar-refractivity contribution < 1.29 is 9.59 Å². The fourth-order valence-electron chi connectivity index (χ4n) is 3.31. The van der Waals surface area contributed by atoms with Gasteiger partial charge in [-0.05, 0) is 48.2 Å². The van der Waals surface area contributed by atoms with Crippen LogP contribution in [0.15, 0.2) is 42.5 Å². The molecule has 0 aromatic heterocycles. The lowest BCUT2D eigenvalue weighted by Crippen LogP contribution is -2.33. The van der Waals surface area contributed by atoms with E-state index in [9.17, 15) is 9.59 Å². The highest BCUT2D eigenvalue weighted by atomic mass is 16.2. The molecule has 4 heteroatoms. The van der Waals surface area contributed by atoms with E-state index in [4.69, 9.17) is 0 Å². The summed E-state index contributed by atoms with van der Waals surface area (Å²) >= 11 is 0. The Morgan fingerprint density at radius 3 is 2.50 bits per heavy atom. The van der Waals surface area contributed by atoms with Gasteiger partial charge in [-0.2, -0.15) is 0 Å². The Morgan fingerprint density at radius 2 is 1.73 bits per heavy atom. The van der Waals surface area contributed by atoms with Crippen LogP contribution in [0.1, 0.15) is 27.9 Å². The van der Waals surface area contributed by atoms with Crippen LogP contribution in [-0.2, 0) is 17.6 Å². The predicted octanol–water partition coefficient (Wildman–Crippen LogP) is 2.77. The van der Waals surface area contributed by atoms with Crippen molar-refractivity contribution in [2.45, 2.75) is 19.3 Å². The van der Waals surface area contributed by atoms with Gasteiger partial charge in [-0.1, -0.05) is 18.2 Å². The molecule has 2 aliphatic rings. The van der Waals surface area contributed by atoms with E-state index in [1.807, 2.05) is 47.4 Å². The number of carbonyl (C=O) groups is 2. The summed E-state index contributed by atoms with van der Waals surface area (Å²) < 4.78 is 0. The van der Waals surface area contributed by atoms with Gasteiger partial charge in [-0.25, -0.2) is 0 Å². The fourth-order valence-corrected chi connectivity index (χ4v) is 3.31. The molecule has 0 bridgehead atoms. The van der Waals surface area contributed by atoms with Gasteiger partial charge in [0.05, 0.1) is 5.69 Å². The van der Waals surface area contributed by atoms with Gasteiger partial charge >= 0.3 is 0 Å². The highest BCUT2D eigenvalue weighted by Crippen LogP contribution is 2.37. The first kappa shape index (κ1) is 13.1. The number of hydrogen-bond acceptors (Lipinski definition) is 2. The Hall–Kier alpha value is -2.62. The zero-order chi connectivity index (χ0) is 15.1. The van der Waals surface area contributed by atoms with Crippen LogP contribution >= 0.6 is 0 Å². The van der Waals surface area contributed by atoms with Gasteiger partial charge in [0.25, 0.3) is 5.91 Å². The first-order valence-corrected chi connectivity index (χ1v) is 7.55. The molecule has 0 aliphatic carbocycles. The number of nitrogens with one attached hydrogen (secondary N) is 1. The molecule has 2 aromatic rings. The standard InChI is InChI=1S/C18H16N2O2/c21-16-7-6-12-10-14(11-13-8-9-20(16)17(12)13)18(22)19-15-4-2-1-3-5-15/h1-5,10-11H,6-9H2,(H,19,22). The molecule has 2 heterocycles. The lowest BCUT2D eigenvalue weighted by atomic mass is 9.96. The Morgan fingerprint density at radius 1 is 1.00 bits per heavy atom. The van der Waals surface area contributed by atoms with Crippen LogP contribution < -0.4 is 10.2 Å². The number of amides is 2. The summed E-state index contributed by atoms with van der Waals surface area (Å²) in [5, 5.41) is 2.92. The molecule has 0 unspecified atom stereocenters. The number of carbonyl (C=O) groups excluding carboxylic acids is 2. The van der Waals surface area contributed by atoms with Gasteiger partial charge in [0.2, 0.25) is 5.91 Å². The number of aryl methyl sites for hydroxylation is 1. The van der Waals surface area contributed by atoms with E-state index in [0.29, 0.717) is 12.0 Å². The summed E-state index contributed by atoms with van der Waals surface area (Å²) in [5.41, 5.74) is 4.75. The summed E-state index contributed by atoms with van der Waals surface area (Å²) in [6.07, 6.45) is 2.10. The Bertz CT molecular complexity index is 768. The minimum atomic E-state index is -0.0967. The van der Waals surface area contributed by atoms with E-state index in [1.165, 1.54) is 0 Å². The number of hydrogen-bond donors (Lipinski definition) is 1. The first-order chi connectivity index (χ1) is 10.7. The van der Waals surface area contributed by atoms with Crippen LogP contribution in [0.2, 0.25) is 0 Å². The topological polar surface area (TPSA) is 49.4 Å². The van der Waals surface area contributed by atoms with Crippen LogP contribution in [0.4, 0.5) is 11.4 Å². The second kappa shape index (κ2) is 4.98. The third-order valence-electron chi connectivity index (χ3n) is 4.35. The maximum absolute atomic E-state index is 12.5. The smallest absolute Gasteiger partial charge is 0.255 e. The third kappa shape index (κ3) is 2.08. The average molecular weight is 292 g/mol. The molecule has 4 rings (SSSR count). The van der Waals surface area contributed by atoms with Crippen LogP contribution in [0, 0.1) is 0 Å². The Kier molecular flexibility index (Phi) is 2.96. The van der Waals surface area contributed by atoms with E-state index in [-0.39, 0.29) is 11.8 Å². The van der Waals surface area contributed by atoms with Crippen molar-refractivity contribution in [1.82, 2.24) is 0 Å². The lowest BCUT2D eigenvalue weighted by Gasteiger charge is -2.25. The van der Waals surface area contributed by atoms with E-state index in [0.717, 1.165) is 41.9 Å². The lowest BCUT2D eigenvalue weighted by molar-refractivity contribution is -0.118. The van der Waals surface area contributed by atoms with E-state index in [1.54, 1.807) is 0 Å². The number of para-hydroxylation sites is 1. The van der Waals surface area contributed by atoms with Gasteiger partial charge in [-0.15, -0.1) is 0 Å². The summed E-state index contributed by atoms with van der Waals surface area (Å²) in [6, 6.07) is 13.3. The molecular formula is C18H16N2O2. The summed E-state index contributed by atoms with van der Waals surface area (Å²) in [5.74, 6) is 0.105. The van der Waals surface area contributed by atoms with Crippen molar-refractivity contribution >= 4 is 23.2 Å². The molecular weight excluding hydrogens is 276 g/mol. The van der Waals surface area contributed by atoms with Crippen molar-refractivity contribution in [3.63, 3.8) is 0 Å². The summed E-state index contributed by atoms with van der Waals surface area (Å²) in [6.45, 7) is 0.741. The second-order valence-corrected chi connectivity index (χ2v) is 5.76. The van der Waals surface area contributed by atoms with Crippen LogP contribution in [0.3, 0.4) is 0 Å². The van der Waals surface area contributed by atoms with Crippen LogP contribution in [0.25, 0.3) is 0 Å². The summed E-state index contributed by atoms with van der Waals surface area (Å²) in [4.78, 5) is 26.3. The highest BCUT2D eigenvalue weighted by Gasteiger charge is 2.31. The molecule has 2 amide bonds. The predicted molar refractivity (Wildman–Crippen MR) is 85.2 cm³/mol. The molecule has 0 spiro atoms. The van der Waals surface area contributed by atoms with Crippen LogP contribution in [0.5, 0.6) is 0 Å². The molecule has 1 N–H and O–H groups in total. The molecule has 0 atom stereocenters. The largest absolute Gasteiger partial charge is 0.322 e. The number of rotatable bonds is 2. The van der Waals surface area contributed by atoms with Crippen molar-refractivity contribution in [3.8, 4) is 0 Å². The summed E-state index contributed by atoms with van der Waals surface area (Å²) in [7, 11) is 0. The second-order valence-electron chi connectivity index (χ2n) is 5.76.